The number of hydrogen-bond acceptors (Lipinski definition) is 10. The lowest BCUT2D eigenvalue weighted by molar-refractivity contribution is 0.0551. The van der Waals surface area contributed by atoms with E-state index in [1.807, 2.05) is 0 Å². The number of carbonyl (C=O) groups is 3. The highest BCUT2D eigenvalue weighted by molar-refractivity contribution is 8.00. The first kappa shape index (κ1) is 18.0. The number of pyridine rings is 1. The predicted octanol–water partition coefficient (Wildman–Crippen LogP) is 1.96. The fourth-order valence-electron chi connectivity index (χ4n) is 2.09. The zero-order valence-electron chi connectivity index (χ0n) is 13.3. The molecule has 2 rings (SSSR count). The van der Waals surface area contributed by atoms with Crippen LogP contribution in [0.15, 0.2) is 4.21 Å². The van der Waals surface area contributed by atoms with Gasteiger partial charge in [0.05, 0.1) is 36.7 Å². The number of thioether (sulfide) groups is 1. The molecular weight excluding hydrogens is 356 g/mol. The molecule has 0 aliphatic carbocycles. The van der Waals surface area contributed by atoms with Crippen LogP contribution in [0.5, 0.6) is 0 Å². The minimum Gasteiger partial charge on any atom is -0.465 e. The molecule has 0 unspecified atom stereocenters. The second-order valence-electron chi connectivity index (χ2n) is 4.37. The zero-order valence-corrected chi connectivity index (χ0v) is 14.9. The first-order chi connectivity index (χ1) is 11.4. The van der Waals surface area contributed by atoms with E-state index in [4.69, 9.17) is 10.5 Å². The van der Waals surface area contributed by atoms with E-state index < -0.39 is 17.9 Å². The summed E-state index contributed by atoms with van der Waals surface area (Å²) in [7, 11) is 3.55. The van der Waals surface area contributed by atoms with Crippen molar-refractivity contribution in [2.75, 3.05) is 33.3 Å². The fraction of sp³-hybridized carbons (Fsp3) is 0.286. The van der Waals surface area contributed by atoms with E-state index in [2.05, 4.69) is 14.5 Å². The highest BCUT2D eigenvalue weighted by Gasteiger charge is 2.30. The van der Waals surface area contributed by atoms with Gasteiger partial charge in [0.25, 0.3) is 0 Å². The van der Waals surface area contributed by atoms with Crippen molar-refractivity contribution in [2.24, 2.45) is 0 Å². The SMILES string of the molecule is COC(=O)c1nc2c(C(=O)OC)sc(SC)c2c(N)c1C(=O)OC. The Morgan fingerprint density at radius 2 is 1.62 bits per heavy atom. The normalized spacial score (nSPS) is 10.5. The molecule has 0 aliphatic rings. The minimum atomic E-state index is -0.864. The van der Waals surface area contributed by atoms with Crippen molar-refractivity contribution in [1.82, 2.24) is 4.98 Å². The van der Waals surface area contributed by atoms with E-state index in [0.717, 1.165) is 25.6 Å². The van der Waals surface area contributed by atoms with Crippen molar-refractivity contribution >= 4 is 57.6 Å². The van der Waals surface area contributed by atoms with Crippen molar-refractivity contribution in [1.29, 1.82) is 0 Å². The van der Waals surface area contributed by atoms with Crippen LogP contribution in [0.3, 0.4) is 0 Å². The lowest BCUT2D eigenvalue weighted by Crippen LogP contribution is -2.17. The van der Waals surface area contributed by atoms with Crippen LogP contribution < -0.4 is 5.73 Å². The third kappa shape index (κ3) is 2.78. The first-order valence-corrected chi connectivity index (χ1v) is 8.50. The molecule has 8 nitrogen and oxygen atoms in total. The van der Waals surface area contributed by atoms with Gasteiger partial charge in [-0.05, 0) is 6.26 Å². The Morgan fingerprint density at radius 1 is 1.04 bits per heavy atom. The molecule has 10 heteroatoms. The van der Waals surface area contributed by atoms with Crippen LogP contribution in [0.1, 0.15) is 30.5 Å². The smallest absolute Gasteiger partial charge is 0.357 e. The third-order valence-corrected chi connectivity index (χ3v) is 5.45. The van der Waals surface area contributed by atoms with Gasteiger partial charge in [0.15, 0.2) is 5.69 Å². The number of nitrogen functional groups attached to an aromatic ring is 1. The largest absolute Gasteiger partial charge is 0.465 e. The van der Waals surface area contributed by atoms with Gasteiger partial charge in [0.1, 0.15) is 10.4 Å². The number of carbonyl (C=O) groups excluding carboxylic acids is 3. The molecule has 0 bridgehead atoms. The highest BCUT2D eigenvalue weighted by atomic mass is 32.2. The molecule has 0 saturated heterocycles. The van der Waals surface area contributed by atoms with Crippen molar-refractivity contribution in [3.05, 3.63) is 16.1 Å². The van der Waals surface area contributed by atoms with E-state index in [0.29, 0.717) is 9.60 Å². The summed E-state index contributed by atoms with van der Waals surface area (Å²) >= 11 is 2.45. The maximum atomic E-state index is 12.1. The Morgan fingerprint density at radius 3 is 2.12 bits per heavy atom. The summed E-state index contributed by atoms with van der Waals surface area (Å²) in [6, 6.07) is 0. The molecule has 2 heterocycles. The molecule has 24 heavy (non-hydrogen) atoms. The lowest BCUT2D eigenvalue weighted by atomic mass is 10.1. The van der Waals surface area contributed by atoms with Crippen LogP contribution in [-0.4, -0.2) is 50.5 Å². The monoisotopic (exact) mass is 370 g/mol. The summed E-state index contributed by atoms with van der Waals surface area (Å²) in [5, 5.41) is 0.404. The molecule has 0 aromatic carbocycles. The molecule has 0 amide bonds. The number of thiophene rings is 1. The van der Waals surface area contributed by atoms with Crippen LogP contribution in [0.4, 0.5) is 5.69 Å². The lowest BCUT2D eigenvalue weighted by Gasteiger charge is -2.10. The maximum absolute atomic E-state index is 12.1. The number of aromatic nitrogens is 1. The number of nitrogens with two attached hydrogens (primary N) is 1. The number of hydrogen-bond donors (Lipinski definition) is 1. The summed E-state index contributed by atoms with van der Waals surface area (Å²) in [5.41, 5.74) is 5.79. The highest BCUT2D eigenvalue weighted by Crippen LogP contribution is 2.41. The molecule has 2 aromatic heterocycles. The van der Waals surface area contributed by atoms with E-state index >= 15 is 0 Å². The Kier molecular flexibility index (Phi) is 5.30. The van der Waals surface area contributed by atoms with E-state index in [1.165, 1.54) is 18.9 Å². The van der Waals surface area contributed by atoms with Crippen LogP contribution in [-0.2, 0) is 14.2 Å². The summed E-state index contributed by atoms with van der Waals surface area (Å²) in [4.78, 5) is 40.4. The molecule has 0 radical (unpaired) electrons. The van der Waals surface area contributed by atoms with Crippen molar-refractivity contribution in [3.63, 3.8) is 0 Å². The van der Waals surface area contributed by atoms with Gasteiger partial charge in [0, 0.05) is 5.39 Å². The van der Waals surface area contributed by atoms with Crippen molar-refractivity contribution < 1.29 is 28.6 Å². The van der Waals surface area contributed by atoms with Gasteiger partial charge in [-0.1, -0.05) is 0 Å². The second kappa shape index (κ2) is 7.05. The topological polar surface area (TPSA) is 118 Å². The average Bonchev–Trinajstić information content (AvgIpc) is 2.98. The Balaban J connectivity index is 2.97. The molecular formula is C14H14N2O6S2. The maximum Gasteiger partial charge on any atom is 0.357 e. The third-order valence-electron chi connectivity index (χ3n) is 3.17. The molecule has 0 saturated carbocycles. The van der Waals surface area contributed by atoms with Gasteiger partial charge in [-0.25, -0.2) is 19.4 Å². The summed E-state index contributed by atoms with van der Waals surface area (Å²) in [6.45, 7) is 0. The number of ether oxygens (including phenoxy) is 3. The van der Waals surface area contributed by atoms with Crippen LogP contribution >= 0.6 is 23.1 Å². The van der Waals surface area contributed by atoms with E-state index in [1.54, 1.807) is 6.26 Å². The zero-order chi connectivity index (χ0) is 18.0. The number of esters is 3. The van der Waals surface area contributed by atoms with Crippen molar-refractivity contribution in [2.45, 2.75) is 4.21 Å². The summed E-state index contributed by atoms with van der Waals surface area (Å²) in [5.74, 6) is -2.30. The summed E-state index contributed by atoms with van der Waals surface area (Å²) < 4.78 is 14.7. The van der Waals surface area contributed by atoms with Gasteiger partial charge < -0.3 is 19.9 Å². The van der Waals surface area contributed by atoms with Crippen LogP contribution in [0.2, 0.25) is 0 Å². The van der Waals surface area contributed by atoms with Crippen LogP contribution in [0, 0.1) is 0 Å². The van der Waals surface area contributed by atoms with Gasteiger partial charge in [-0.3, -0.25) is 0 Å². The van der Waals surface area contributed by atoms with Gasteiger partial charge in [-0.15, -0.1) is 23.1 Å². The number of anilines is 1. The van der Waals surface area contributed by atoms with Gasteiger partial charge >= 0.3 is 17.9 Å². The standard InChI is InChI=1S/C14H14N2O6S2/c1-20-11(17)5-7(15)6-8(16-9(5)12(18)21-2)10(13(19)22-3)24-14(6)23-4/h15H2,1-4H3. The molecule has 0 aliphatic heterocycles. The molecule has 128 valence electrons. The molecule has 2 N–H and O–H groups in total. The van der Waals surface area contributed by atoms with Gasteiger partial charge in [0.2, 0.25) is 0 Å². The minimum absolute atomic E-state index is 0.00278. The first-order valence-electron chi connectivity index (χ1n) is 6.46. The van der Waals surface area contributed by atoms with E-state index in [9.17, 15) is 14.4 Å². The quantitative estimate of drug-likeness (QED) is 0.489. The Hall–Kier alpha value is -2.33. The second-order valence-corrected chi connectivity index (χ2v) is 6.47. The molecule has 2 aromatic rings. The predicted molar refractivity (Wildman–Crippen MR) is 89.8 cm³/mol. The number of rotatable bonds is 4. The number of fused-ring (bicyclic) bond motifs is 1. The van der Waals surface area contributed by atoms with E-state index in [-0.39, 0.29) is 27.3 Å². The van der Waals surface area contributed by atoms with Crippen molar-refractivity contribution in [3.8, 4) is 0 Å². The van der Waals surface area contributed by atoms with Crippen LogP contribution in [0.25, 0.3) is 10.9 Å². The fourth-order valence-corrected chi connectivity index (χ4v) is 3.99. The number of methoxy groups -OCH3 is 3. The molecule has 0 atom stereocenters. The molecule has 0 spiro atoms. The average molecular weight is 370 g/mol. The number of nitrogens with zero attached hydrogens (tertiary/aromatic N) is 1. The Bertz CT molecular complexity index is 846. The molecule has 0 fully saturated rings. The Labute approximate surface area is 145 Å². The van der Waals surface area contributed by atoms with Gasteiger partial charge in [-0.2, -0.15) is 0 Å². The summed E-state index contributed by atoms with van der Waals surface area (Å²) in [6.07, 6.45) is 1.79.